The maximum Gasteiger partial charge on any atom is 0.355 e. The molecule has 0 saturated heterocycles. The molecule has 1 aromatic rings. The fourth-order valence-electron chi connectivity index (χ4n) is 3.06. The lowest BCUT2D eigenvalue weighted by Gasteiger charge is -2.28. The van der Waals surface area contributed by atoms with Crippen molar-refractivity contribution in [3.8, 4) is 0 Å². The van der Waals surface area contributed by atoms with E-state index in [1.807, 2.05) is 0 Å². The molecule has 0 spiro atoms. The maximum atomic E-state index is 12.6. The summed E-state index contributed by atoms with van der Waals surface area (Å²) in [5, 5.41) is 16.8. The predicted octanol–water partition coefficient (Wildman–Crippen LogP) is 2.36. The van der Waals surface area contributed by atoms with E-state index >= 15 is 0 Å². The standard InChI is InChI=1S/C20H24N2O6/c1-4-27-19(25)16-12(3)21-22-18(20(26)28-5-2)17(16)14-9-6-13(7-10-14)8-11-15(23)24/h6-7,9-10,16-17H,4-5,8,11H2,1-3H3,(H,23,24). The Hall–Kier alpha value is -3.03. The van der Waals surface area contributed by atoms with Crippen LogP contribution in [0.1, 0.15) is 44.2 Å². The number of carbonyl (C=O) groups excluding carboxylic acids is 2. The quantitative estimate of drug-likeness (QED) is 0.684. The van der Waals surface area contributed by atoms with Crippen LogP contribution in [-0.4, -0.2) is 47.7 Å². The van der Waals surface area contributed by atoms with Crippen LogP contribution in [0.25, 0.3) is 0 Å². The van der Waals surface area contributed by atoms with Gasteiger partial charge < -0.3 is 14.6 Å². The Kier molecular flexibility index (Phi) is 7.43. The van der Waals surface area contributed by atoms with E-state index in [0.29, 0.717) is 17.7 Å². The minimum absolute atomic E-state index is 0.0233. The number of nitrogens with zero attached hydrogens (tertiary/aromatic N) is 2. The van der Waals surface area contributed by atoms with E-state index < -0.39 is 29.7 Å². The minimum atomic E-state index is -0.873. The van der Waals surface area contributed by atoms with Crippen molar-refractivity contribution in [2.75, 3.05) is 13.2 Å². The third-order valence-corrected chi connectivity index (χ3v) is 4.38. The molecule has 0 fully saturated rings. The number of carbonyl (C=O) groups is 3. The van der Waals surface area contributed by atoms with Crippen LogP contribution in [0.2, 0.25) is 0 Å². The summed E-state index contributed by atoms with van der Waals surface area (Å²) in [5.41, 5.74) is 2.02. The summed E-state index contributed by atoms with van der Waals surface area (Å²) in [7, 11) is 0. The molecule has 28 heavy (non-hydrogen) atoms. The fraction of sp³-hybridized carbons (Fsp3) is 0.450. The molecule has 1 aliphatic rings. The number of aryl methyl sites for hydroxylation is 1. The molecule has 0 aliphatic carbocycles. The molecule has 2 unspecified atom stereocenters. The van der Waals surface area contributed by atoms with Crippen LogP contribution in [-0.2, 0) is 30.3 Å². The Morgan fingerprint density at radius 1 is 1.04 bits per heavy atom. The third-order valence-electron chi connectivity index (χ3n) is 4.38. The zero-order valence-corrected chi connectivity index (χ0v) is 16.2. The van der Waals surface area contributed by atoms with Crippen LogP contribution >= 0.6 is 0 Å². The molecular weight excluding hydrogens is 364 g/mol. The Labute approximate surface area is 163 Å². The molecule has 1 heterocycles. The van der Waals surface area contributed by atoms with Gasteiger partial charge in [-0.3, -0.25) is 9.59 Å². The average Bonchev–Trinajstić information content (AvgIpc) is 2.66. The maximum absolute atomic E-state index is 12.6. The molecule has 2 atom stereocenters. The summed E-state index contributed by atoms with van der Waals surface area (Å²) in [4.78, 5) is 35.8. The van der Waals surface area contributed by atoms with Gasteiger partial charge in [-0.05, 0) is 38.3 Å². The third kappa shape index (κ3) is 5.03. The van der Waals surface area contributed by atoms with Crippen molar-refractivity contribution < 1.29 is 29.0 Å². The van der Waals surface area contributed by atoms with Gasteiger partial charge in [0.25, 0.3) is 0 Å². The smallest absolute Gasteiger partial charge is 0.355 e. The topological polar surface area (TPSA) is 115 Å². The second-order valence-corrected chi connectivity index (χ2v) is 6.29. The normalized spacial score (nSPS) is 18.7. The van der Waals surface area contributed by atoms with Gasteiger partial charge >= 0.3 is 17.9 Å². The van der Waals surface area contributed by atoms with E-state index in [1.165, 1.54) is 0 Å². The SMILES string of the molecule is CCOC(=O)C1=NN=C(C)C(C(=O)OCC)C1c1ccc(CCC(=O)O)cc1. The number of rotatable bonds is 8. The lowest BCUT2D eigenvalue weighted by molar-refractivity contribution is -0.146. The molecule has 0 amide bonds. The molecule has 8 heteroatoms. The van der Waals surface area contributed by atoms with E-state index in [2.05, 4.69) is 10.2 Å². The van der Waals surface area contributed by atoms with Crippen LogP contribution in [0.4, 0.5) is 0 Å². The Bertz CT molecular complexity index is 797. The fourth-order valence-corrected chi connectivity index (χ4v) is 3.06. The molecule has 1 aromatic carbocycles. The van der Waals surface area contributed by atoms with Crippen molar-refractivity contribution >= 4 is 29.3 Å². The Morgan fingerprint density at radius 3 is 2.25 bits per heavy atom. The molecule has 1 N–H and O–H groups in total. The Morgan fingerprint density at radius 2 is 1.68 bits per heavy atom. The van der Waals surface area contributed by atoms with E-state index in [-0.39, 0.29) is 25.3 Å². The van der Waals surface area contributed by atoms with Gasteiger partial charge in [0.2, 0.25) is 0 Å². The van der Waals surface area contributed by atoms with Crippen molar-refractivity contribution in [3.05, 3.63) is 35.4 Å². The largest absolute Gasteiger partial charge is 0.481 e. The number of aliphatic carboxylic acids is 1. The minimum Gasteiger partial charge on any atom is -0.481 e. The van der Waals surface area contributed by atoms with E-state index in [1.54, 1.807) is 45.0 Å². The van der Waals surface area contributed by atoms with Gasteiger partial charge in [0.05, 0.1) is 24.8 Å². The van der Waals surface area contributed by atoms with Crippen LogP contribution in [0.5, 0.6) is 0 Å². The first-order valence-corrected chi connectivity index (χ1v) is 9.15. The number of carboxylic acid groups (broad SMARTS) is 1. The van der Waals surface area contributed by atoms with Crippen molar-refractivity contribution in [2.45, 2.75) is 39.5 Å². The zero-order chi connectivity index (χ0) is 20.7. The van der Waals surface area contributed by atoms with Crippen molar-refractivity contribution in [3.63, 3.8) is 0 Å². The number of ether oxygens (including phenoxy) is 2. The van der Waals surface area contributed by atoms with Crippen LogP contribution in [0, 0.1) is 5.92 Å². The van der Waals surface area contributed by atoms with Gasteiger partial charge in [-0.1, -0.05) is 24.3 Å². The highest BCUT2D eigenvalue weighted by Gasteiger charge is 2.42. The van der Waals surface area contributed by atoms with Crippen molar-refractivity contribution in [1.29, 1.82) is 0 Å². The summed E-state index contributed by atoms with van der Waals surface area (Å²) in [6, 6.07) is 7.09. The van der Waals surface area contributed by atoms with E-state index in [9.17, 15) is 14.4 Å². The molecule has 150 valence electrons. The number of carboxylic acids is 1. The summed E-state index contributed by atoms with van der Waals surface area (Å²) < 4.78 is 10.3. The monoisotopic (exact) mass is 388 g/mol. The second kappa shape index (κ2) is 9.77. The first-order valence-electron chi connectivity index (χ1n) is 9.15. The highest BCUT2D eigenvalue weighted by atomic mass is 16.5. The molecular formula is C20H24N2O6. The van der Waals surface area contributed by atoms with Gasteiger partial charge in [-0.2, -0.15) is 5.10 Å². The lowest BCUT2D eigenvalue weighted by atomic mass is 9.79. The van der Waals surface area contributed by atoms with Crippen LogP contribution < -0.4 is 0 Å². The van der Waals surface area contributed by atoms with Gasteiger partial charge in [0.15, 0.2) is 5.71 Å². The molecule has 1 aliphatic heterocycles. The summed E-state index contributed by atoms with van der Waals surface area (Å²) in [6.45, 7) is 5.44. The summed E-state index contributed by atoms with van der Waals surface area (Å²) in [6.07, 6.45) is 0.413. The van der Waals surface area contributed by atoms with Crippen molar-refractivity contribution in [2.24, 2.45) is 16.1 Å². The van der Waals surface area contributed by atoms with Crippen LogP contribution in [0.3, 0.4) is 0 Å². The number of hydrogen-bond acceptors (Lipinski definition) is 7. The predicted molar refractivity (Wildman–Crippen MR) is 102 cm³/mol. The highest BCUT2D eigenvalue weighted by Crippen LogP contribution is 2.33. The molecule has 0 aromatic heterocycles. The number of hydrogen-bond donors (Lipinski definition) is 1. The molecule has 0 radical (unpaired) electrons. The van der Waals surface area contributed by atoms with Gasteiger partial charge in [-0.25, -0.2) is 4.79 Å². The van der Waals surface area contributed by atoms with Crippen molar-refractivity contribution in [1.82, 2.24) is 0 Å². The van der Waals surface area contributed by atoms with Gasteiger partial charge in [0.1, 0.15) is 5.92 Å². The first kappa shape index (κ1) is 21.3. The van der Waals surface area contributed by atoms with Gasteiger partial charge in [0, 0.05) is 6.42 Å². The number of esters is 2. The summed E-state index contributed by atoms with van der Waals surface area (Å²) >= 11 is 0. The molecule has 2 rings (SSSR count). The Balaban J connectivity index is 2.41. The zero-order valence-electron chi connectivity index (χ0n) is 16.2. The van der Waals surface area contributed by atoms with Gasteiger partial charge in [-0.15, -0.1) is 5.10 Å². The molecule has 8 nitrogen and oxygen atoms in total. The first-order chi connectivity index (χ1) is 13.4. The summed E-state index contributed by atoms with van der Waals surface area (Å²) in [5.74, 6) is -3.47. The highest BCUT2D eigenvalue weighted by molar-refractivity contribution is 6.40. The lowest BCUT2D eigenvalue weighted by Crippen LogP contribution is -2.40. The molecule has 0 bridgehead atoms. The average molecular weight is 388 g/mol. The molecule has 0 saturated carbocycles. The van der Waals surface area contributed by atoms with E-state index in [0.717, 1.165) is 5.56 Å². The number of benzene rings is 1. The second-order valence-electron chi connectivity index (χ2n) is 6.29. The van der Waals surface area contributed by atoms with E-state index in [4.69, 9.17) is 14.6 Å². The van der Waals surface area contributed by atoms with Crippen LogP contribution in [0.15, 0.2) is 34.5 Å².